The summed E-state index contributed by atoms with van der Waals surface area (Å²) in [6.07, 6.45) is -0.462. The molecule has 0 unspecified atom stereocenters. The number of carbonyl (C=O) groups excluding carboxylic acids is 1. The second-order valence-corrected chi connectivity index (χ2v) is 7.25. The van der Waals surface area contributed by atoms with Gasteiger partial charge in [-0.3, -0.25) is 4.79 Å². The predicted molar refractivity (Wildman–Crippen MR) is 99.5 cm³/mol. The number of fused-ring (bicyclic) bond motifs is 1. The first kappa shape index (κ1) is 17.7. The number of aromatic nitrogens is 3. The average Bonchev–Trinajstić information content (AvgIpc) is 3.26. The fraction of sp³-hybridized carbons (Fsp3) is 0.316. The summed E-state index contributed by atoms with van der Waals surface area (Å²) in [7, 11) is 1.95. The quantitative estimate of drug-likeness (QED) is 0.491. The Morgan fingerprint density at radius 3 is 2.78 bits per heavy atom. The van der Waals surface area contributed by atoms with Crippen molar-refractivity contribution in [2.75, 3.05) is 12.4 Å². The number of Topliss-reactive ketones (excluding diaryl/α,β-unsaturated/α-hetero) is 1. The van der Waals surface area contributed by atoms with Gasteiger partial charge in [0, 0.05) is 24.0 Å². The highest BCUT2D eigenvalue weighted by Gasteiger charge is 2.27. The maximum absolute atomic E-state index is 12.5. The van der Waals surface area contributed by atoms with Crippen LogP contribution in [-0.4, -0.2) is 32.9 Å². The summed E-state index contributed by atoms with van der Waals surface area (Å²) in [4.78, 5) is 12.5. The number of rotatable bonds is 5. The molecule has 140 valence electrons. The molecule has 1 aromatic carbocycles. The summed E-state index contributed by atoms with van der Waals surface area (Å²) in [6.45, 7) is 4.21. The second kappa shape index (κ2) is 7.11. The molecular weight excluding hydrogens is 366 g/mol. The molecule has 3 heterocycles. The van der Waals surface area contributed by atoms with Crippen molar-refractivity contribution in [3.05, 3.63) is 53.2 Å². The number of thioether (sulfide) groups is 1. The van der Waals surface area contributed by atoms with E-state index >= 15 is 0 Å². The highest BCUT2D eigenvalue weighted by atomic mass is 32.2. The SMILES string of the molecule is Cc1cc(C(=O)CSc2nnc([C@H]3COc4ccccc4O3)o2)c(C)n1C. The third-order valence-corrected chi connectivity index (χ3v) is 5.43. The molecule has 8 heteroatoms. The Balaban J connectivity index is 1.40. The zero-order chi connectivity index (χ0) is 19.0. The first-order valence-corrected chi connectivity index (χ1v) is 9.52. The number of para-hydroxylation sites is 2. The van der Waals surface area contributed by atoms with Crippen LogP contribution in [0, 0.1) is 13.8 Å². The van der Waals surface area contributed by atoms with Crippen LogP contribution in [0.15, 0.2) is 40.0 Å². The molecule has 0 N–H and O–H groups in total. The van der Waals surface area contributed by atoms with Gasteiger partial charge in [-0.15, -0.1) is 10.2 Å². The Labute approximate surface area is 160 Å². The van der Waals surface area contributed by atoms with Crippen LogP contribution in [0.3, 0.4) is 0 Å². The van der Waals surface area contributed by atoms with Crippen molar-refractivity contribution in [3.63, 3.8) is 0 Å². The first-order chi connectivity index (χ1) is 13.0. The van der Waals surface area contributed by atoms with E-state index in [1.165, 1.54) is 11.8 Å². The van der Waals surface area contributed by atoms with Gasteiger partial charge in [-0.2, -0.15) is 0 Å². The third kappa shape index (κ3) is 3.44. The van der Waals surface area contributed by atoms with E-state index in [-0.39, 0.29) is 11.5 Å². The zero-order valence-corrected chi connectivity index (χ0v) is 16.1. The smallest absolute Gasteiger partial charge is 0.277 e. The summed E-state index contributed by atoms with van der Waals surface area (Å²) >= 11 is 1.22. The molecule has 7 nitrogen and oxygen atoms in total. The highest BCUT2D eigenvalue weighted by molar-refractivity contribution is 7.99. The molecule has 0 aliphatic carbocycles. The zero-order valence-electron chi connectivity index (χ0n) is 15.3. The highest BCUT2D eigenvalue weighted by Crippen LogP contribution is 2.36. The molecule has 2 aromatic heterocycles. The summed E-state index contributed by atoms with van der Waals surface area (Å²) in [5, 5.41) is 8.39. The summed E-state index contributed by atoms with van der Waals surface area (Å²) in [5.74, 6) is 1.95. The normalized spacial score (nSPS) is 15.7. The van der Waals surface area contributed by atoms with Gasteiger partial charge in [0.15, 0.2) is 17.3 Å². The van der Waals surface area contributed by atoms with Crippen molar-refractivity contribution in [1.29, 1.82) is 0 Å². The van der Waals surface area contributed by atoms with Crippen molar-refractivity contribution in [2.45, 2.75) is 25.2 Å². The molecule has 1 atom stereocenters. The number of ketones is 1. The lowest BCUT2D eigenvalue weighted by Gasteiger charge is -2.23. The molecule has 27 heavy (non-hydrogen) atoms. The van der Waals surface area contributed by atoms with Gasteiger partial charge in [0.25, 0.3) is 11.1 Å². The minimum absolute atomic E-state index is 0.0344. The molecule has 0 spiro atoms. The van der Waals surface area contributed by atoms with Crippen molar-refractivity contribution >= 4 is 17.5 Å². The molecular formula is C19H19N3O4S. The van der Waals surface area contributed by atoms with Gasteiger partial charge in [0.05, 0.1) is 5.75 Å². The molecule has 4 rings (SSSR count). The Morgan fingerprint density at radius 2 is 2.04 bits per heavy atom. The minimum Gasteiger partial charge on any atom is -0.485 e. The van der Waals surface area contributed by atoms with E-state index in [1.54, 1.807) is 0 Å². The van der Waals surface area contributed by atoms with Crippen LogP contribution in [0.4, 0.5) is 0 Å². The largest absolute Gasteiger partial charge is 0.485 e. The van der Waals surface area contributed by atoms with Crippen molar-refractivity contribution < 1.29 is 18.7 Å². The van der Waals surface area contributed by atoms with E-state index in [4.69, 9.17) is 13.9 Å². The summed E-state index contributed by atoms with van der Waals surface area (Å²) in [5.41, 5.74) is 2.73. The fourth-order valence-electron chi connectivity index (χ4n) is 2.89. The lowest BCUT2D eigenvalue weighted by atomic mass is 10.2. The van der Waals surface area contributed by atoms with E-state index in [1.807, 2.05) is 55.8 Å². The molecule has 0 saturated heterocycles. The number of hydrogen-bond acceptors (Lipinski definition) is 7. The van der Waals surface area contributed by atoms with Crippen LogP contribution in [0.1, 0.15) is 33.7 Å². The van der Waals surface area contributed by atoms with Crippen LogP contribution in [0.25, 0.3) is 0 Å². The molecule has 0 bridgehead atoms. The van der Waals surface area contributed by atoms with E-state index in [0.717, 1.165) is 17.0 Å². The molecule has 0 fully saturated rings. The van der Waals surface area contributed by atoms with Crippen LogP contribution >= 0.6 is 11.8 Å². The van der Waals surface area contributed by atoms with Crippen LogP contribution in [-0.2, 0) is 7.05 Å². The fourth-order valence-corrected chi connectivity index (χ4v) is 3.55. The van der Waals surface area contributed by atoms with E-state index in [0.29, 0.717) is 29.2 Å². The number of benzene rings is 1. The monoisotopic (exact) mass is 385 g/mol. The first-order valence-electron chi connectivity index (χ1n) is 8.53. The molecule has 0 saturated carbocycles. The maximum Gasteiger partial charge on any atom is 0.277 e. The van der Waals surface area contributed by atoms with Gasteiger partial charge in [-0.25, -0.2) is 0 Å². The summed E-state index contributed by atoms with van der Waals surface area (Å²) < 4.78 is 19.2. The number of carbonyl (C=O) groups is 1. The molecule has 3 aromatic rings. The van der Waals surface area contributed by atoms with Crippen LogP contribution in [0.5, 0.6) is 11.5 Å². The van der Waals surface area contributed by atoms with Crippen molar-refractivity contribution in [1.82, 2.24) is 14.8 Å². The Hall–Kier alpha value is -2.74. The second-order valence-electron chi connectivity index (χ2n) is 6.33. The Kier molecular flexibility index (Phi) is 4.65. The van der Waals surface area contributed by atoms with E-state index in [9.17, 15) is 4.79 Å². The molecule has 1 aliphatic rings. The van der Waals surface area contributed by atoms with Gasteiger partial charge in [0.1, 0.15) is 6.61 Å². The van der Waals surface area contributed by atoms with Gasteiger partial charge >= 0.3 is 0 Å². The van der Waals surface area contributed by atoms with Gasteiger partial charge < -0.3 is 18.5 Å². The van der Waals surface area contributed by atoms with Crippen molar-refractivity contribution in [2.24, 2.45) is 7.05 Å². The number of ether oxygens (including phenoxy) is 2. The third-order valence-electron chi connectivity index (χ3n) is 4.61. The Bertz CT molecular complexity index is 995. The minimum atomic E-state index is -0.462. The maximum atomic E-state index is 12.5. The van der Waals surface area contributed by atoms with Gasteiger partial charge in [0.2, 0.25) is 6.10 Å². The average molecular weight is 385 g/mol. The number of hydrogen-bond donors (Lipinski definition) is 0. The molecule has 0 amide bonds. The van der Waals surface area contributed by atoms with E-state index < -0.39 is 6.10 Å². The molecule has 1 aliphatic heterocycles. The topological polar surface area (TPSA) is 79.4 Å². The van der Waals surface area contributed by atoms with Gasteiger partial charge in [-0.1, -0.05) is 23.9 Å². The predicted octanol–water partition coefficient (Wildman–Crippen LogP) is 3.51. The lowest BCUT2D eigenvalue weighted by Crippen LogP contribution is -2.21. The number of nitrogens with zero attached hydrogens (tertiary/aromatic N) is 3. The Morgan fingerprint density at radius 1 is 1.26 bits per heavy atom. The van der Waals surface area contributed by atoms with Gasteiger partial charge in [-0.05, 0) is 32.0 Å². The van der Waals surface area contributed by atoms with E-state index in [2.05, 4.69) is 10.2 Å². The summed E-state index contributed by atoms with van der Waals surface area (Å²) in [6, 6.07) is 9.34. The standard InChI is InChI=1S/C19H19N3O4S/c1-11-8-13(12(2)22(11)3)14(23)10-27-19-21-20-18(26-19)17-9-24-15-6-4-5-7-16(15)25-17/h4-8,17H,9-10H2,1-3H3/t17-/m1/s1. The number of aryl methyl sites for hydroxylation is 1. The van der Waals surface area contributed by atoms with Crippen LogP contribution in [0.2, 0.25) is 0 Å². The molecule has 0 radical (unpaired) electrons. The van der Waals surface area contributed by atoms with Crippen molar-refractivity contribution in [3.8, 4) is 11.5 Å². The van der Waals surface area contributed by atoms with Crippen LogP contribution < -0.4 is 9.47 Å². The lowest BCUT2D eigenvalue weighted by molar-refractivity contribution is 0.0686.